The van der Waals surface area contributed by atoms with E-state index in [1.807, 2.05) is 11.3 Å². The molecular weight excluding hydrogens is 176 g/mol. The van der Waals surface area contributed by atoms with Gasteiger partial charge >= 0.3 is 0 Å². The number of allylic oxidation sites excluding steroid dienone is 4. The Morgan fingerprint density at radius 3 is 2.77 bits per heavy atom. The molecule has 0 nitrogen and oxygen atoms in total. The molecule has 0 N–H and O–H groups in total. The Morgan fingerprint density at radius 1 is 1.23 bits per heavy atom. The molecule has 0 saturated carbocycles. The standard InChI is InChI=1S/C12H14S/c1-3-9-5-6-12-11(7-8-13-12)10(9)4-2/h3-4,7-8H,5-6H2,1-2H3/b9-3-,10-4+. The molecule has 0 spiro atoms. The molecule has 1 heteroatoms. The van der Waals surface area contributed by atoms with Crippen molar-refractivity contribution in [1.82, 2.24) is 0 Å². The first-order chi connectivity index (χ1) is 6.36. The van der Waals surface area contributed by atoms with E-state index in [1.165, 1.54) is 29.6 Å². The van der Waals surface area contributed by atoms with Crippen molar-refractivity contribution in [3.63, 3.8) is 0 Å². The van der Waals surface area contributed by atoms with Crippen LogP contribution in [0.2, 0.25) is 0 Å². The van der Waals surface area contributed by atoms with Gasteiger partial charge in [-0.2, -0.15) is 0 Å². The lowest BCUT2D eigenvalue weighted by Gasteiger charge is -2.18. The predicted octanol–water partition coefficient (Wildman–Crippen LogP) is 4.04. The summed E-state index contributed by atoms with van der Waals surface area (Å²) in [6.45, 7) is 4.27. The summed E-state index contributed by atoms with van der Waals surface area (Å²) in [7, 11) is 0. The highest BCUT2D eigenvalue weighted by atomic mass is 32.1. The zero-order valence-electron chi connectivity index (χ0n) is 8.13. The Labute approximate surface area is 83.6 Å². The second-order valence-electron chi connectivity index (χ2n) is 3.27. The third kappa shape index (κ3) is 1.37. The highest BCUT2D eigenvalue weighted by Crippen LogP contribution is 2.37. The van der Waals surface area contributed by atoms with Gasteiger partial charge in [0.1, 0.15) is 0 Å². The third-order valence-electron chi connectivity index (χ3n) is 2.64. The molecule has 1 aromatic heterocycles. The molecule has 13 heavy (non-hydrogen) atoms. The van der Waals surface area contributed by atoms with Crippen molar-refractivity contribution in [3.8, 4) is 0 Å². The number of fused-ring (bicyclic) bond motifs is 1. The van der Waals surface area contributed by atoms with E-state index >= 15 is 0 Å². The fourth-order valence-electron chi connectivity index (χ4n) is 1.97. The van der Waals surface area contributed by atoms with Crippen LogP contribution in [0.15, 0.2) is 29.2 Å². The summed E-state index contributed by atoms with van der Waals surface area (Å²) in [6.07, 6.45) is 6.92. The summed E-state index contributed by atoms with van der Waals surface area (Å²) >= 11 is 1.89. The molecule has 2 rings (SSSR count). The van der Waals surface area contributed by atoms with E-state index in [-0.39, 0.29) is 0 Å². The molecule has 1 aliphatic carbocycles. The van der Waals surface area contributed by atoms with Gasteiger partial charge in [0.15, 0.2) is 0 Å². The molecule has 0 unspecified atom stereocenters. The van der Waals surface area contributed by atoms with Gasteiger partial charge in [0, 0.05) is 4.88 Å². The summed E-state index contributed by atoms with van der Waals surface area (Å²) < 4.78 is 0. The second-order valence-corrected chi connectivity index (χ2v) is 4.27. The van der Waals surface area contributed by atoms with Crippen molar-refractivity contribution in [2.75, 3.05) is 0 Å². The topological polar surface area (TPSA) is 0 Å². The van der Waals surface area contributed by atoms with Crippen molar-refractivity contribution >= 4 is 16.9 Å². The van der Waals surface area contributed by atoms with Crippen LogP contribution in [0.4, 0.5) is 0 Å². The number of aryl methyl sites for hydroxylation is 1. The zero-order valence-corrected chi connectivity index (χ0v) is 8.95. The highest BCUT2D eigenvalue weighted by molar-refractivity contribution is 7.10. The van der Waals surface area contributed by atoms with Crippen LogP contribution in [0.25, 0.3) is 5.57 Å². The van der Waals surface area contributed by atoms with Crippen LogP contribution in [0, 0.1) is 0 Å². The van der Waals surface area contributed by atoms with E-state index in [4.69, 9.17) is 0 Å². The van der Waals surface area contributed by atoms with Gasteiger partial charge in [0.25, 0.3) is 0 Å². The molecule has 0 aromatic carbocycles. The lowest BCUT2D eigenvalue weighted by molar-refractivity contribution is 0.959. The van der Waals surface area contributed by atoms with Crippen molar-refractivity contribution in [1.29, 1.82) is 0 Å². The van der Waals surface area contributed by atoms with Crippen LogP contribution >= 0.6 is 11.3 Å². The van der Waals surface area contributed by atoms with E-state index in [9.17, 15) is 0 Å². The van der Waals surface area contributed by atoms with Crippen LogP contribution in [0.3, 0.4) is 0 Å². The average molecular weight is 190 g/mol. The van der Waals surface area contributed by atoms with Crippen LogP contribution < -0.4 is 0 Å². The summed E-state index contributed by atoms with van der Waals surface area (Å²) in [5.74, 6) is 0. The Bertz CT molecular complexity index is 366. The predicted molar refractivity (Wildman–Crippen MR) is 60.0 cm³/mol. The van der Waals surface area contributed by atoms with E-state index in [0.717, 1.165) is 0 Å². The average Bonchev–Trinajstić information content (AvgIpc) is 2.63. The van der Waals surface area contributed by atoms with E-state index in [2.05, 4.69) is 37.4 Å². The highest BCUT2D eigenvalue weighted by Gasteiger charge is 2.17. The maximum atomic E-state index is 2.25. The molecular formula is C12H14S. The molecule has 0 amide bonds. The minimum Gasteiger partial charge on any atom is -0.148 e. The molecule has 0 radical (unpaired) electrons. The van der Waals surface area contributed by atoms with E-state index in [0.29, 0.717) is 0 Å². The molecule has 68 valence electrons. The Balaban J connectivity index is 2.53. The lowest BCUT2D eigenvalue weighted by Crippen LogP contribution is -2.00. The third-order valence-corrected chi connectivity index (χ3v) is 3.62. The van der Waals surface area contributed by atoms with Gasteiger partial charge in [0.2, 0.25) is 0 Å². The fraction of sp³-hybridized carbons (Fsp3) is 0.333. The minimum absolute atomic E-state index is 1.21. The lowest BCUT2D eigenvalue weighted by atomic mass is 9.88. The molecule has 0 aliphatic heterocycles. The van der Waals surface area contributed by atoms with Gasteiger partial charge in [-0.25, -0.2) is 0 Å². The molecule has 0 bridgehead atoms. The largest absolute Gasteiger partial charge is 0.148 e. The van der Waals surface area contributed by atoms with Crippen molar-refractivity contribution in [2.24, 2.45) is 0 Å². The second kappa shape index (κ2) is 3.51. The first kappa shape index (κ1) is 8.76. The van der Waals surface area contributed by atoms with Crippen LogP contribution in [0.5, 0.6) is 0 Å². The van der Waals surface area contributed by atoms with Crippen LogP contribution in [-0.2, 0) is 6.42 Å². The molecule has 0 atom stereocenters. The number of thiophene rings is 1. The van der Waals surface area contributed by atoms with Crippen LogP contribution in [-0.4, -0.2) is 0 Å². The SMILES string of the molecule is C/C=C1/CCc2sccc2/C1=C/C. The first-order valence-corrected chi connectivity index (χ1v) is 5.63. The van der Waals surface area contributed by atoms with E-state index < -0.39 is 0 Å². The van der Waals surface area contributed by atoms with Crippen molar-refractivity contribution < 1.29 is 0 Å². The number of rotatable bonds is 0. The molecule has 1 aromatic rings. The quantitative estimate of drug-likeness (QED) is 0.579. The summed E-state index contributed by atoms with van der Waals surface area (Å²) in [6, 6.07) is 2.25. The van der Waals surface area contributed by atoms with Gasteiger partial charge in [-0.05, 0) is 54.8 Å². The molecule has 1 heterocycles. The normalized spacial score (nSPS) is 22.3. The molecule has 0 fully saturated rings. The number of hydrogen-bond donors (Lipinski definition) is 0. The van der Waals surface area contributed by atoms with E-state index in [1.54, 1.807) is 4.88 Å². The number of hydrogen-bond acceptors (Lipinski definition) is 1. The summed E-state index contributed by atoms with van der Waals surface area (Å²) in [5.41, 5.74) is 4.42. The minimum atomic E-state index is 1.21. The zero-order chi connectivity index (χ0) is 9.26. The smallest absolute Gasteiger partial charge is 0.0127 e. The van der Waals surface area contributed by atoms with Gasteiger partial charge in [0.05, 0.1) is 0 Å². The van der Waals surface area contributed by atoms with Gasteiger partial charge < -0.3 is 0 Å². The molecule has 0 saturated heterocycles. The van der Waals surface area contributed by atoms with Crippen molar-refractivity contribution in [3.05, 3.63) is 39.6 Å². The first-order valence-electron chi connectivity index (χ1n) is 4.75. The summed E-state index contributed by atoms with van der Waals surface area (Å²) in [5, 5.41) is 2.20. The maximum Gasteiger partial charge on any atom is 0.0127 e. The summed E-state index contributed by atoms with van der Waals surface area (Å²) in [4.78, 5) is 1.55. The van der Waals surface area contributed by atoms with Gasteiger partial charge in [-0.3, -0.25) is 0 Å². The fourth-order valence-corrected chi connectivity index (χ4v) is 2.86. The Hall–Kier alpha value is -0.820. The Kier molecular flexibility index (Phi) is 2.36. The Morgan fingerprint density at radius 2 is 2.08 bits per heavy atom. The van der Waals surface area contributed by atoms with Crippen LogP contribution in [0.1, 0.15) is 30.7 Å². The maximum absolute atomic E-state index is 2.25. The monoisotopic (exact) mass is 190 g/mol. The molecule has 1 aliphatic rings. The van der Waals surface area contributed by atoms with Gasteiger partial charge in [-0.15, -0.1) is 11.3 Å². The van der Waals surface area contributed by atoms with Crippen molar-refractivity contribution in [2.45, 2.75) is 26.7 Å². The van der Waals surface area contributed by atoms with Gasteiger partial charge in [-0.1, -0.05) is 12.2 Å².